The van der Waals surface area contributed by atoms with Crippen molar-refractivity contribution in [2.24, 2.45) is 5.73 Å². The van der Waals surface area contributed by atoms with Crippen molar-refractivity contribution in [3.05, 3.63) is 71.8 Å². The molecule has 8 nitrogen and oxygen atoms in total. The van der Waals surface area contributed by atoms with Crippen molar-refractivity contribution >= 4 is 23.9 Å². The van der Waals surface area contributed by atoms with E-state index in [0.29, 0.717) is 38.9 Å². The van der Waals surface area contributed by atoms with Gasteiger partial charge in [0, 0.05) is 31.7 Å². The van der Waals surface area contributed by atoms with Gasteiger partial charge in [0.2, 0.25) is 5.91 Å². The Hall–Kier alpha value is -3.65. The molecule has 0 atom stereocenters. The summed E-state index contributed by atoms with van der Waals surface area (Å²) in [6.45, 7) is 2.10. The lowest BCUT2D eigenvalue weighted by atomic mass is 9.85. The van der Waals surface area contributed by atoms with Crippen molar-refractivity contribution in [2.75, 3.05) is 39.8 Å². The molecule has 4 amide bonds. The van der Waals surface area contributed by atoms with Crippen LogP contribution in [0.5, 0.6) is 5.75 Å². The zero-order valence-corrected chi connectivity index (χ0v) is 20.1. The van der Waals surface area contributed by atoms with Gasteiger partial charge in [-0.15, -0.1) is 0 Å². The molecule has 8 heteroatoms. The maximum absolute atomic E-state index is 13.4. The number of methoxy groups -OCH3 is 1. The SMILES string of the molecule is COc1ccccc1C=CCN1CCC2(CC1)C(=O)N(CC(N)=O)C(=O)N2CCc1ccccc1. The van der Waals surface area contributed by atoms with Crippen LogP contribution in [0.1, 0.15) is 24.0 Å². The normalized spacial score (nSPS) is 18.1. The average Bonchev–Trinajstić information content (AvgIpc) is 3.05. The smallest absolute Gasteiger partial charge is 0.328 e. The molecule has 0 aliphatic carbocycles. The molecule has 0 radical (unpaired) electrons. The van der Waals surface area contributed by atoms with Gasteiger partial charge in [0.05, 0.1) is 7.11 Å². The number of rotatable bonds is 9. The molecule has 2 fully saturated rings. The summed E-state index contributed by atoms with van der Waals surface area (Å²) in [5.74, 6) is -0.177. The summed E-state index contributed by atoms with van der Waals surface area (Å²) in [5, 5.41) is 0. The Morgan fingerprint density at radius 2 is 1.74 bits per heavy atom. The van der Waals surface area contributed by atoms with E-state index >= 15 is 0 Å². The minimum Gasteiger partial charge on any atom is -0.496 e. The molecule has 2 aliphatic rings. The summed E-state index contributed by atoms with van der Waals surface area (Å²) < 4.78 is 5.40. The Morgan fingerprint density at radius 1 is 1.06 bits per heavy atom. The van der Waals surface area contributed by atoms with Crippen LogP contribution in [0.4, 0.5) is 4.79 Å². The molecule has 2 heterocycles. The summed E-state index contributed by atoms with van der Waals surface area (Å²) in [7, 11) is 1.65. The number of primary amides is 1. The highest BCUT2D eigenvalue weighted by Crippen LogP contribution is 2.37. The highest BCUT2D eigenvalue weighted by Gasteiger charge is 2.57. The molecular formula is C27H32N4O4. The van der Waals surface area contributed by atoms with Gasteiger partial charge in [-0.1, -0.05) is 60.7 Å². The largest absolute Gasteiger partial charge is 0.496 e. The number of hydrogen-bond donors (Lipinski definition) is 1. The highest BCUT2D eigenvalue weighted by atomic mass is 16.5. The lowest BCUT2D eigenvalue weighted by molar-refractivity contribution is -0.137. The van der Waals surface area contributed by atoms with E-state index in [1.807, 2.05) is 60.7 Å². The third kappa shape index (κ3) is 5.22. The number of imide groups is 1. The molecule has 0 bridgehead atoms. The molecule has 4 rings (SSSR count). The summed E-state index contributed by atoms with van der Waals surface area (Å²) in [5.41, 5.74) is 6.52. The zero-order chi connectivity index (χ0) is 24.8. The Kier molecular flexibility index (Phi) is 7.51. The number of nitrogens with two attached hydrogens (primary N) is 1. The third-order valence-electron chi connectivity index (χ3n) is 6.89. The predicted molar refractivity (Wildman–Crippen MR) is 134 cm³/mol. The third-order valence-corrected chi connectivity index (χ3v) is 6.89. The number of amides is 4. The number of piperidine rings is 1. The number of ether oxygens (including phenoxy) is 1. The van der Waals surface area contributed by atoms with Crippen LogP contribution < -0.4 is 10.5 Å². The number of benzene rings is 2. The molecule has 0 saturated carbocycles. The fraction of sp³-hybridized carbons (Fsp3) is 0.370. The van der Waals surface area contributed by atoms with E-state index in [1.54, 1.807) is 12.0 Å². The zero-order valence-electron chi connectivity index (χ0n) is 20.1. The molecule has 2 aromatic carbocycles. The maximum Gasteiger partial charge on any atom is 0.328 e. The first-order chi connectivity index (χ1) is 16.9. The van der Waals surface area contributed by atoms with Crippen molar-refractivity contribution in [1.82, 2.24) is 14.7 Å². The second kappa shape index (κ2) is 10.7. The second-order valence-corrected chi connectivity index (χ2v) is 9.00. The van der Waals surface area contributed by atoms with Crippen LogP contribution in [0.3, 0.4) is 0 Å². The second-order valence-electron chi connectivity index (χ2n) is 9.00. The van der Waals surface area contributed by atoms with Crippen LogP contribution in [0.15, 0.2) is 60.7 Å². The maximum atomic E-state index is 13.4. The Balaban J connectivity index is 1.45. The summed E-state index contributed by atoms with van der Waals surface area (Å²) in [6, 6.07) is 17.3. The number of carbonyl (C=O) groups excluding carboxylic acids is 3. The first-order valence-corrected chi connectivity index (χ1v) is 11.9. The lowest BCUT2D eigenvalue weighted by Gasteiger charge is -2.42. The van der Waals surface area contributed by atoms with Gasteiger partial charge in [-0.05, 0) is 30.9 Å². The number of para-hydroxylation sites is 1. The van der Waals surface area contributed by atoms with Crippen molar-refractivity contribution < 1.29 is 19.1 Å². The predicted octanol–water partition coefficient (Wildman–Crippen LogP) is 2.54. The lowest BCUT2D eigenvalue weighted by Crippen LogP contribution is -2.57. The number of urea groups is 1. The van der Waals surface area contributed by atoms with Gasteiger partial charge < -0.3 is 15.4 Å². The molecule has 0 unspecified atom stereocenters. The van der Waals surface area contributed by atoms with Crippen LogP contribution in [0.2, 0.25) is 0 Å². The van der Waals surface area contributed by atoms with Gasteiger partial charge in [0.15, 0.2) is 0 Å². The first-order valence-electron chi connectivity index (χ1n) is 11.9. The van der Waals surface area contributed by atoms with Crippen LogP contribution in [-0.2, 0) is 16.0 Å². The van der Waals surface area contributed by atoms with Gasteiger partial charge in [-0.2, -0.15) is 0 Å². The van der Waals surface area contributed by atoms with Crippen molar-refractivity contribution in [3.8, 4) is 5.75 Å². The monoisotopic (exact) mass is 476 g/mol. The number of likely N-dealkylation sites (tertiary alicyclic amines) is 1. The molecule has 2 aromatic rings. The van der Waals surface area contributed by atoms with Crippen LogP contribution in [0.25, 0.3) is 6.08 Å². The fourth-order valence-electron chi connectivity index (χ4n) is 5.00. The van der Waals surface area contributed by atoms with Crippen LogP contribution in [-0.4, -0.2) is 77.9 Å². The van der Waals surface area contributed by atoms with E-state index in [1.165, 1.54) is 0 Å². The fourth-order valence-corrected chi connectivity index (χ4v) is 5.00. The highest BCUT2D eigenvalue weighted by molar-refractivity contribution is 6.09. The van der Waals surface area contributed by atoms with Crippen LogP contribution >= 0.6 is 0 Å². The van der Waals surface area contributed by atoms with E-state index in [2.05, 4.69) is 11.0 Å². The molecule has 2 saturated heterocycles. The van der Waals surface area contributed by atoms with E-state index in [9.17, 15) is 14.4 Å². The van der Waals surface area contributed by atoms with Gasteiger partial charge in [0.25, 0.3) is 5.91 Å². The van der Waals surface area contributed by atoms with Crippen LogP contribution in [0, 0.1) is 0 Å². The summed E-state index contributed by atoms with van der Waals surface area (Å²) in [6.07, 6.45) is 5.80. The topological polar surface area (TPSA) is 96.2 Å². The van der Waals surface area contributed by atoms with E-state index in [4.69, 9.17) is 10.5 Å². The average molecular weight is 477 g/mol. The Morgan fingerprint density at radius 3 is 2.43 bits per heavy atom. The molecule has 1 spiro atoms. The number of carbonyl (C=O) groups is 3. The van der Waals surface area contributed by atoms with E-state index < -0.39 is 17.5 Å². The minimum absolute atomic E-state index is 0.307. The number of hydrogen-bond acceptors (Lipinski definition) is 5. The van der Waals surface area contributed by atoms with E-state index in [0.717, 1.165) is 28.3 Å². The Bertz CT molecular complexity index is 1090. The van der Waals surface area contributed by atoms with Crippen molar-refractivity contribution in [1.29, 1.82) is 0 Å². The van der Waals surface area contributed by atoms with Crippen molar-refractivity contribution in [2.45, 2.75) is 24.8 Å². The van der Waals surface area contributed by atoms with E-state index in [-0.39, 0.29) is 12.5 Å². The molecule has 0 aromatic heterocycles. The van der Waals surface area contributed by atoms with Gasteiger partial charge in [-0.3, -0.25) is 19.4 Å². The van der Waals surface area contributed by atoms with Crippen molar-refractivity contribution in [3.63, 3.8) is 0 Å². The molecule has 184 valence electrons. The molecule has 2 N–H and O–H groups in total. The van der Waals surface area contributed by atoms with Gasteiger partial charge in [0.1, 0.15) is 17.8 Å². The minimum atomic E-state index is -0.926. The molecular weight excluding hydrogens is 444 g/mol. The summed E-state index contributed by atoms with van der Waals surface area (Å²) >= 11 is 0. The number of nitrogens with zero attached hydrogens (tertiary/aromatic N) is 3. The molecule has 2 aliphatic heterocycles. The molecule has 35 heavy (non-hydrogen) atoms. The quantitative estimate of drug-likeness (QED) is 0.561. The van der Waals surface area contributed by atoms with Gasteiger partial charge in [-0.25, -0.2) is 4.79 Å². The summed E-state index contributed by atoms with van der Waals surface area (Å²) in [4.78, 5) is 43.2. The standard InChI is InChI=1S/C27H32N4O4/c1-35-23-12-6-5-10-22(23)11-7-16-29-18-14-27(15-19-29)25(33)30(20-24(28)32)26(34)31(27)17-13-21-8-3-2-4-9-21/h2-12H,13-20H2,1H3,(H2,28,32). The first kappa shape index (κ1) is 24.5. The van der Waals surface area contributed by atoms with Gasteiger partial charge >= 0.3 is 6.03 Å². The Labute approximate surface area is 205 Å².